The highest BCUT2D eigenvalue weighted by atomic mass is 35.5. The van der Waals surface area contributed by atoms with Crippen LogP contribution in [0.2, 0.25) is 0 Å². The summed E-state index contributed by atoms with van der Waals surface area (Å²) in [5.41, 5.74) is 1.67. The van der Waals surface area contributed by atoms with E-state index in [0.717, 1.165) is 17.5 Å². The van der Waals surface area contributed by atoms with Gasteiger partial charge in [-0.1, -0.05) is 0 Å². The second kappa shape index (κ2) is 5.55. The van der Waals surface area contributed by atoms with Crippen LogP contribution in [-0.4, -0.2) is 34.7 Å². The summed E-state index contributed by atoms with van der Waals surface area (Å²) in [6.45, 7) is 5.92. The van der Waals surface area contributed by atoms with Gasteiger partial charge in [-0.05, 0) is 32.9 Å². The van der Waals surface area contributed by atoms with Crippen molar-refractivity contribution in [3.63, 3.8) is 0 Å². The lowest BCUT2D eigenvalue weighted by atomic mass is 10.1. The van der Waals surface area contributed by atoms with Crippen LogP contribution in [0.3, 0.4) is 0 Å². The van der Waals surface area contributed by atoms with Gasteiger partial charge >= 0.3 is 0 Å². The predicted octanol–water partition coefficient (Wildman–Crippen LogP) is 1.81. The van der Waals surface area contributed by atoms with Crippen molar-refractivity contribution in [2.45, 2.75) is 38.7 Å². The minimum absolute atomic E-state index is 0.240. The summed E-state index contributed by atoms with van der Waals surface area (Å²) in [5.74, 6) is 0.915. The summed E-state index contributed by atoms with van der Waals surface area (Å²) in [5, 5.41) is 0. The molecule has 116 valence electrons. The zero-order valence-corrected chi connectivity index (χ0v) is 14.1. The van der Waals surface area contributed by atoms with Gasteiger partial charge < -0.3 is 4.57 Å². The van der Waals surface area contributed by atoms with Crippen LogP contribution in [0.1, 0.15) is 25.4 Å². The van der Waals surface area contributed by atoms with Crippen molar-refractivity contribution in [3.8, 4) is 0 Å². The number of aromatic nitrogens is 3. The van der Waals surface area contributed by atoms with Crippen molar-refractivity contribution >= 4 is 32.8 Å². The molecule has 8 heteroatoms. The Morgan fingerprint density at radius 1 is 1.33 bits per heavy atom. The minimum Gasteiger partial charge on any atom is -0.310 e. The Morgan fingerprint density at radius 3 is 2.57 bits per heavy atom. The third-order valence-electron chi connectivity index (χ3n) is 2.95. The molecule has 0 bridgehead atoms. The van der Waals surface area contributed by atoms with Crippen LogP contribution in [-0.2, 0) is 22.4 Å². The third kappa shape index (κ3) is 3.93. The van der Waals surface area contributed by atoms with E-state index in [1.807, 2.05) is 37.5 Å². The molecule has 2 aromatic heterocycles. The van der Waals surface area contributed by atoms with Crippen LogP contribution >= 0.6 is 11.6 Å². The van der Waals surface area contributed by atoms with E-state index in [1.54, 1.807) is 0 Å². The standard InChI is InChI=1S/C13H19ClN4O2S/c1-9-5-6-10-12(15-9)18(11(7-14)16-10)8-13(2,3)17-21(4,19)20/h5-6,17H,7-8H2,1-4H3. The molecular formula is C13H19ClN4O2S. The lowest BCUT2D eigenvalue weighted by molar-refractivity contribution is 0.390. The summed E-state index contributed by atoms with van der Waals surface area (Å²) in [6, 6.07) is 3.78. The number of nitrogens with one attached hydrogen (secondary N) is 1. The van der Waals surface area contributed by atoms with Gasteiger partial charge in [0.15, 0.2) is 5.65 Å². The van der Waals surface area contributed by atoms with Crippen LogP contribution < -0.4 is 4.72 Å². The number of rotatable bonds is 5. The number of alkyl halides is 1. The first-order valence-corrected chi connectivity index (χ1v) is 8.91. The van der Waals surface area contributed by atoms with Gasteiger partial charge in [-0.2, -0.15) is 0 Å². The maximum Gasteiger partial charge on any atom is 0.209 e. The zero-order chi connectivity index (χ0) is 15.8. The molecule has 6 nitrogen and oxygen atoms in total. The van der Waals surface area contributed by atoms with Crippen molar-refractivity contribution < 1.29 is 8.42 Å². The Labute approximate surface area is 129 Å². The maximum absolute atomic E-state index is 11.5. The fourth-order valence-electron chi connectivity index (χ4n) is 2.34. The summed E-state index contributed by atoms with van der Waals surface area (Å²) in [6.07, 6.45) is 1.14. The predicted molar refractivity (Wildman–Crippen MR) is 83.9 cm³/mol. The number of aryl methyl sites for hydroxylation is 1. The van der Waals surface area contributed by atoms with Crippen LogP contribution in [0.25, 0.3) is 11.2 Å². The lowest BCUT2D eigenvalue weighted by Crippen LogP contribution is -2.46. The molecule has 0 amide bonds. The Morgan fingerprint density at radius 2 is 2.00 bits per heavy atom. The quantitative estimate of drug-likeness (QED) is 0.848. The van der Waals surface area contributed by atoms with Gasteiger partial charge in [0, 0.05) is 17.8 Å². The maximum atomic E-state index is 11.5. The average molecular weight is 331 g/mol. The summed E-state index contributed by atoms with van der Waals surface area (Å²) < 4.78 is 27.4. The fourth-order valence-corrected chi connectivity index (χ4v) is 3.61. The molecule has 0 aliphatic heterocycles. The highest BCUT2D eigenvalue weighted by molar-refractivity contribution is 7.88. The van der Waals surface area contributed by atoms with Gasteiger partial charge in [-0.25, -0.2) is 23.1 Å². The Hall–Kier alpha value is -1.18. The second-order valence-electron chi connectivity index (χ2n) is 5.80. The monoisotopic (exact) mass is 330 g/mol. The van der Waals surface area contributed by atoms with E-state index in [-0.39, 0.29) is 5.88 Å². The number of sulfonamides is 1. The first kappa shape index (κ1) is 16.2. The molecule has 21 heavy (non-hydrogen) atoms. The smallest absolute Gasteiger partial charge is 0.209 e. The second-order valence-corrected chi connectivity index (χ2v) is 7.82. The van der Waals surface area contributed by atoms with Crippen molar-refractivity contribution in [2.24, 2.45) is 0 Å². The number of hydrogen-bond donors (Lipinski definition) is 1. The molecule has 1 N–H and O–H groups in total. The molecule has 0 atom stereocenters. The summed E-state index contributed by atoms with van der Waals surface area (Å²) in [7, 11) is -3.30. The Kier molecular flexibility index (Phi) is 4.28. The van der Waals surface area contributed by atoms with E-state index in [9.17, 15) is 8.42 Å². The van der Waals surface area contributed by atoms with Gasteiger partial charge in [0.05, 0.1) is 12.1 Å². The van der Waals surface area contributed by atoms with Gasteiger partial charge in [-0.3, -0.25) is 0 Å². The highest BCUT2D eigenvalue weighted by Crippen LogP contribution is 2.20. The Balaban J connectivity index is 2.47. The number of nitrogens with zero attached hydrogens (tertiary/aromatic N) is 3. The molecule has 0 aliphatic carbocycles. The molecule has 0 spiro atoms. The summed E-state index contributed by atoms with van der Waals surface area (Å²) >= 11 is 5.96. The molecule has 0 aliphatic rings. The number of imidazole rings is 1. The topological polar surface area (TPSA) is 76.9 Å². The molecule has 0 aromatic carbocycles. The molecule has 0 fully saturated rings. The fraction of sp³-hybridized carbons (Fsp3) is 0.538. The largest absolute Gasteiger partial charge is 0.310 e. The van der Waals surface area contributed by atoms with E-state index < -0.39 is 15.6 Å². The number of halogens is 1. The highest BCUT2D eigenvalue weighted by Gasteiger charge is 2.25. The Bertz CT molecular complexity index is 768. The molecule has 0 saturated heterocycles. The molecular weight excluding hydrogens is 312 g/mol. The number of hydrogen-bond acceptors (Lipinski definition) is 4. The van der Waals surface area contributed by atoms with Crippen LogP contribution in [0.4, 0.5) is 0 Å². The van der Waals surface area contributed by atoms with Crippen molar-refractivity contribution in [1.29, 1.82) is 0 Å². The van der Waals surface area contributed by atoms with E-state index in [0.29, 0.717) is 18.0 Å². The molecule has 2 rings (SSSR count). The van der Waals surface area contributed by atoms with Gasteiger partial charge in [0.1, 0.15) is 11.3 Å². The van der Waals surface area contributed by atoms with Crippen LogP contribution in [0.15, 0.2) is 12.1 Å². The van der Waals surface area contributed by atoms with Gasteiger partial charge in [0.25, 0.3) is 0 Å². The summed E-state index contributed by atoms with van der Waals surface area (Å²) in [4.78, 5) is 8.93. The molecule has 0 saturated carbocycles. The number of pyridine rings is 1. The van der Waals surface area contributed by atoms with E-state index in [2.05, 4.69) is 14.7 Å². The number of fused-ring (bicyclic) bond motifs is 1. The van der Waals surface area contributed by atoms with E-state index in [4.69, 9.17) is 11.6 Å². The van der Waals surface area contributed by atoms with Crippen molar-refractivity contribution in [3.05, 3.63) is 23.7 Å². The first-order valence-electron chi connectivity index (χ1n) is 6.49. The van der Waals surface area contributed by atoms with Crippen molar-refractivity contribution in [2.75, 3.05) is 6.26 Å². The third-order valence-corrected chi connectivity index (χ3v) is 4.11. The molecule has 2 heterocycles. The SMILES string of the molecule is Cc1ccc2nc(CCl)n(CC(C)(C)NS(C)(=O)=O)c2n1. The van der Waals surface area contributed by atoms with Gasteiger partial charge in [0.2, 0.25) is 10.0 Å². The van der Waals surface area contributed by atoms with Crippen LogP contribution in [0.5, 0.6) is 0 Å². The normalized spacial score (nSPS) is 13.0. The molecule has 0 radical (unpaired) electrons. The van der Waals surface area contributed by atoms with Crippen LogP contribution in [0, 0.1) is 6.92 Å². The zero-order valence-electron chi connectivity index (χ0n) is 12.5. The molecule has 0 unspecified atom stereocenters. The lowest BCUT2D eigenvalue weighted by Gasteiger charge is -2.26. The average Bonchev–Trinajstić information content (AvgIpc) is 2.63. The van der Waals surface area contributed by atoms with Gasteiger partial charge in [-0.15, -0.1) is 11.6 Å². The van der Waals surface area contributed by atoms with Crippen molar-refractivity contribution in [1.82, 2.24) is 19.3 Å². The molecule has 2 aromatic rings. The minimum atomic E-state index is -3.30. The first-order chi connectivity index (χ1) is 9.61. The van der Waals surface area contributed by atoms with E-state index in [1.165, 1.54) is 0 Å². The van der Waals surface area contributed by atoms with E-state index >= 15 is 0 Å².